The van der Waals surface area contributed by atoms with Crippen LogP contribution in [0.1, 0.15) is 54.4 Å². The van der Waals surface area contributed by atoms with E-state index < -0.39 is 54.0 Å². The lowest BCUT2D eigenvalue weighted by Gasteiger charge is -2.30. The van der Waals surface area contributed by atoms with E-state index >= 15 is 0 Å². The van der Waals surface area contributed by atoms with Gasteiger partial charge in [-0.1, -0.05) is 29.3 Å². The lowest BCUT2D eigenvalue weighted by atomic mass is 10.1. The van der Waals surface area contributed by atoms with Crippen LogP contribution in [-0.4, -0.2) is 89.3 Å². The molecule has 1 aliphatic heterocycles. The van der Waals surface area contributed by atoms with E-state index in [-0.39, 0.29) is 30.9 Å². The molecule has 1 aliphatic rings. The minimum Gasteiger partial charge on any atom is -0.480 e. The molecule has 2 aromatic heterocycles. The maximum absolute atomic E-state index is 13.3. The Hall–Kier alpha value is -4.43. The summed E-state index contributed by atoms with van der Waals surface area (Å²) in [6.07, 6.45) is 4.06. The lowest BCUT2D eigenvalue weighted by molar-refractivity contribution is -0.146. The molecule has 14 nitrogen and oxygen atoms in total. The number of carboxylic acid groups (broad SMARTS) is 1. The van der Waals surface area contributed by atoms with Crippen molar-refractivity contribution in [2.24, 2.45) is 0 Å². The third kappa shape index (κ3) is 8.14. The summed E-state index contributed by atoms with van der Waals surface area (Å²) >= 11 is 12.5. The first-order valence-electron chi connectivity index (χ1n) is 13.8. The van der Waals surface area contributed by atoms with E-state index in [2.05, 4.69) is 31.1 Å². The van der Waals surface area contributed by atoms with Crippen molar-refractivity contribution in [1.82, 2.24) is 40.7 Å². The molecule has 3 aromatic rings. The SMILES string of the molecule is CC(C(=O)NC(CC(=O)Cn1nnnc1Cc1c(Cl)cccc1Cl)C(=O)O)N1CCCC[C@H](NC(=O)c2cccnc2)C1=O. The molecule has 3 atom stereocenters. The van der Waals surface area contributed by atoms with Crippen LogP contribution in [0.5, 0.6) is 0 Å². The topological polar surface area (TPSA) is 189 Å². The number of Topliss-reactive ketones (excluding diaryl/α,β-unsaturated/α-hetero) is 1. The molecule has 3 amide bonds. The van der Waals surface area contributed by atoms with Gasteiger partial charge in [-0.25, -0.2) is 9.48 Å². The fraction of sp³-hybridized carbons (Fsp3) is 0.393. The molecule has 0 spiro atoms. The van der Waals surface area contributed by atoms with Crippen LogP contribution < -0.4 is 10.6 Å². The van der Waals surface area contributed by atoms with Gasteiger partial charge < -0.3 is 20.6 Å². The molecule has 1 saturated heterocycles. The number of carbonyl (C=O) groups excluding carboxylic acids is 4. The van der Waals surface area contributed by atoms with Crippen molar-refractivity contribution in [3.05, 3.63) is 69.7 Å². The highest BCUT2D eigenvalue weighted by atomic mass is 35.5. The summed E-state index contributed by atoms with van der Waals surface area (Å²) in [4.78, 5) is 69.2. The first-order chi connectivity index (χ1) is 21.0. The Balaban J connectivity index is 1.37. The summed E-state index contributed by atoms with van der Waals surface area (Å²) in [5.41, 5.74) is 0.850. The van der Waals surface area contributed by atoms with Crippen LogP contribution in [0.25, 0.3) is 0 Å². The Morgan fingerprint density at radius 1 is 1.11 bits per heavy atom. The third-order valence-electron chi connectivity index (χ3n) is 7.17. The maximum atomic E-state index is 13.3. The van der Waals surface area contributed by atoms with Crippen molar-refractivity contribution in [3.8, 4) is 0 Å². The van der Waals surface area contributed by atoms with Crippen molar-refractivity contribution < 1.29 is 29.1 Å². The van der Waals surface area contributed by atoms with Gasteiger partial charge >= 0.3 is 5.97 Å². The summed E-state index contributed by atoms with van der Waals surface area (Å²) in [5, 5.41) is 27.0. The van der Waals surface area contributed by atoms with Gasteiger partial charge in [-0.2, -0.15) is 0 Å². The van der Waals surface area contributed by atoms with E-state index in [9.17, 15) is 29.1 Å². The molecule has 2 unspecified atom stereocenters. The van der Waals surface area contributed by atoms with E-state index in [1.165, 1.54) is 28.9 Å². The highest BCUT2D eigenvalue weighted by Crippen LogP contribution is 2.26. The second-order valence-electron chi connectivity index (χ2n) is 10.2. The molecule has 0 saturated carbocycles. The minimum absolute atomic E-state index is 0.128. The minimum atomic E-state index is -1.57. The molecule has 1 fully saturated rings. The number of carboxylic acids is 1. The number of likely N-dealkylation sites (tertiary alicyclic amines) is 1. The van der Waals surface area contributed by atoms with Crippen LogP contribution in [0.2, 0.25) is 10.0 Å². The highest BCUT2D eigenvalue weighted by molar-refractivity contribution is 6.36. The molecule has 3 heterocycles. The normalized spacial score (nSPS) is 16.5. The lowest BCUT2D eigenvalue weighted by Crippen LogP contribution is -2.56. The van der Waals surface area contributed by atoms with Crippen LogP contribution in [0.15, 0.2) is 42.7 Å². The van der Waals surface area contributed by atoms with Crippen molar-refractivity contribution >= 4 is 52.7 Å². The average Bonchev–Trinajstić information content (AvgIpc) is 3.35. The van der Waals surface area contributed by atoms with Crippen LogP contribution in [-0.2, 0) is 32.1 Å². The van der Waals surface area contributed by atoms with E-state index in [0.717, 1.165) is 0 Å². The van der Waals surface area contributed by atoms with E-state index in [1.807, 2.05) is 0 Å². The van der Waals surface area contributed by atoms with Crippen molar-refractivity contribution in [1.29, 1.82) is 0 Å². The summed E-state index contributed by atoms with van der Waals surface area (Å²) < 4.78 is 1.21. The number of nitrogens with zero attached hydrogens (tertiary/aromatic N) is 6. The number of ketones is 1. The van der Waals surface area contributed by atoms with Gasteiger partial charge in [0.05, 0.1) is 5.56 Å². The summed E-state index contributed by atoms with van der Waals surface area (Å²) in [6, 6.07) is 4.65. The molecule has 3 N–H and O–H groups in total. The number of tetrazole rings is 1. The molecule has 232 valence electrons. The smallest absolute Gasteiger partial charge is 0.326 e. The zero-order valence-corrected chi connectivity index (χ0v) is 25.2. The number of halogens is 2. The molecule has 44 heavy (non-hydrogen) atoms. The molecule has 1 aromatic carbocycles. The quantitative estimate of drug-likeness (QED) is 0.261. The number of hydrogen-bond acceptors (Lipinski definition) is 9. The second-order valence-corrected chi connectivity index (χ2v) is 11.1. The van der Waals surface area contributed by atoms with Crippen LogP contribution in [0.3, 0.4) is 0 Å². The first kappa shape index (κ1) is 32.5. The Labute approximate surface area is 262 Å². The van der Waals surface area contributed by atoms with Gasteiger partial charge in [0.25, 0.3) is 5.91 Å². The second kappa shape index (κ2) is 14.8. The number of pyridine rings is 1. The van der Waals surface area contributed by atoms with E-state index in [4.69, 9.17) is 23.2 Å². The van der Waals surface area contributed by atoms with Crippen LogP contribution in [0, 0.1) is 0 Å². The molecule has 16 heteroatoms. The van der Waals surface area contributed by atoms with E-state index in [1.54, 1.807) is 30.3 Å². The molecular weight excluding hydrogens is 615 g/mol. The van der Waals surface area contributed by atoms with Gasteiger partial charge in [-0.15, -0.1) is 5.10 Å². The maximum Gasteiger partial charge on any atom is 0.326 e. The molecule has 0 bridgehead atoms. The largest absolute Gasteiger partial charge is 0.480 e. The van der Waals surface area contributed by atoms with Crippen molar-refractivity contribution in [2.45, 2.75) is 63.7 Å². The third-order valence-corrected chi connectivity index (χ3v) is 7.88. The van der Waals surface area contributed by atoms with Gasteiger partial charge in [0.2, 0.25) is 11.8 Å². The molecular formula is C28H30Cl2N8O6. The van der Waals surface area contributed by atoms with Crippen LogP contribution in [0.4, 0.5) is 0 Å². The fourth-order valence-electron chi connectivity index (χ4n) is 4.75. The number of aliphatic carboxylic acids is 1. The highest BCUT2D eigenvalue weighted by Gasteiger charge is 2.35. The molecule has 0 radical (unpaired) electrons. The zero-order valence-electron chi connectivity index (χ0n) is 23.7. The number of benzene rings is 1. The van der Waals surface area contributed by atoms with Crippen LogP contribution >= 0.6 is 23.2 Å². The Morgan fingerprint density at radius 2 is 1.86 bits per heavy atom. The summed E-state index contributed by atoms with van der Waals surface area (Å²) in [5.74, 6) is -3.40. The zero-order chi connectivity index (χ0) is 31.8. The summed E-state index contributed by atoms with van der Waals surface area (Å²) in [7, 11) is 0. The van der Waals surface area contributed by atoms with Crippen molar-refractivity contribution in [3.63, 3.8) is 0 Å². The van der Waals surface area contributed by atoms with E-state index in [0.29, 0.717) is 34.9 Å². The molecule has 0 aliphatic carbocycles. The summed E-state index contributed by atoms with van der Waals surface area (Å²) in [6.45, 7) is 1.34. The van der Waals surface area contributed by atoms with Gasteiger partial charge in [0, 0.05) is 41.8 Å². The number of hydrogen-bond donors (Lipinski definition) is 3. The Bertz CT molecular complexity index is 1520. The number of aromatic nitrogens is 5. The monoisotopic (exact) mass is 644 g/mol. The Morgan fingerprint density at radius 3 is 2.55 bits per heavy atom. The average molecular weight is 646 g/mol. The predicted molar refractivity (Wildman–Crippen MR) is 157 cm³/mol. The Kier molecular flexibility index (Phi) is 11.0. The number of carbonyl (C=O) groups is 5. The van der Waals surface area contributed by atoms with Gasteiger partial charge in [0.15, 0.2) is 11.6 Å². The standard InChI is InChI=1S/C28H30Cl2N8O6/c1-16(37-11-3-2-9-22(27(37)42)32-26(41)17-6-5-10-31-14-17)25(40)33-23(28(43)44)12-18(39)15-38-24(34-35-36-38)13-19-20(29)7-4-8-21(19)30/h4-8,10,14,16,22-23H,2-3,9,11-13,15H2,1H3,(H,32,41)(H,33,40)(H,43,44)/t16?,22-,23?/m0/s1. The van der Waals surface area contributed by atoms with Gasteiger partial charge in [0.1, 0.15) is 24.7 Å². The number of amides is 3. The number of rotatable bonds is 12. The van der Waals surface area contributed by atoms with Crippen molar-refractivity contribution in [2.75, 3.05) is 6.54 Å². The first-order valence-corrected chi connectivity index (χ1v) is 14.5. The van der Waals surface area contributed by atoms with Gasteiger partial charge in [-0.05, 0) is 66.4 Å². The number of nitrogens with one attached hydrogen (secondary N) is 2. The molecule has 4 rings (SSSR count). The predicted octanol–water partition coefficient (Wildman–Crippen LogP) is 1.69. The fourth-order valence-corrected chi connectivity index (χ4v) is 5.28. The van der Waals surface area contributed by atoms with Gasteiger partial charge in [-0.3, -0.25) is 24.2 Å².